The van der Waals surface area contributed by atoms with Gasteiger partial charge in [-0.3, -0.25) is 9.59 Å². The van der Waals surface area contributed by atoms with Gasteiger partial charge in [-0.15, -0.1) is 0 Å². The molecule has 0 spiro atoms. The number of carbonyl (C=O) groups is 2. The Labute approximate surface area is 281 Å². The van der Waals surface area contributed by atoms with Gasteiger partial charge >= 0.3 is 11.9 Å². The van der Waals surface area contributed by atoms with E-state index < -0.39 is 31.6 Å². The normalized spacial score (nSPS) is 11.5. The Kier molecular flexibility index (Phi) is 12.8. The van der Waals surface area contributed by atoms with Gasteiger partial charge in [-0.25, -0.2) is 16.8 Å². The summed E-state index contributed by atoms with van der Waals surface area (Å²) >= 11 is 0. The maximum absolute atomic E-state index is 13.0. The average Bonchev–Trinajstić information content (AvgIpc) is 3.09. The maximum atomic E-state index is 13.0. The average molecular weight is 695 g/mol. The van der Waals surface area contributed by atoms with E-state index in [-0.39, 0.29) is 43.9 Å². The van der Waals surface area contributed by atoms with Crippen molar-refractivity contribution in [1.82, 2.24) is 0 Å². The molecular formula is C36H38O10S2. The molecule has 0 saturated carbocycles. The van der Waals surface area contributed by atoms with Crippen molar-refractivity contribution in [2.24, 2.45) is 0 Å². The lowest BCUT2D eigenvalue weighted by Gasteiger charge is -2.09. The minimum absolute atomic E-state index is 0.0397. The maximum Gasteiger partial charge on any atom is 0.311 e. The number of esters is 2. The lowest BCUT2D eigenvalue weighted by atomic mass is 10.2. The monoisotopic (exact) mass is 694 g/mol. The predicted octanol–water partition coefficient (Wildman–Crippen LogP) is 7.00. The standard InChI is InChI=1S/C36H38O10S2/c1-3-25-43-27-9-17-31(18-10-27)47(39,40)33-21-13-29(14-22-33)45-35(37)7-5-6-8-36(38)46-30-15-23-34(24-16-30)48(41,42)32-19-11-28(12-20-32)44-26-4-2/h9-24H,3-8,25-26H2,1-2H3. The zero-order valence-electron chi connectivity index (χ0n) is 26.8. The third-order valence-corrected chi connectivity index (χ3v) is 10.5. The highest BCUT2D eigenvalue weighted by atomic mass is 32.2. The molecule has 0 atom stereocenters. The van der Waals surface area contributed by atoms with E-state index in [1.165, 1.54) is 72.8 Å². The molecule has 0 aromatic heterocycles. The van der Waals surface area contributed by atoms with E-state index >= 15 is 0 Å². The summed E-state index contributed by atoms with van der Waals surface area (Å²) in [7, 11) is -7.53. The molecule has 0 aliphatic carbocycles. The first kappa shape index (κ1) is 36.2. The molecule has 4 aromatic carbocycles. The molecule has 0 saturated heterocycles. The first-order valence-electron chi connectivity index (χ1n) is 15.6. The van der Waals surface area contributed by atoms with Gasteiger partial charge in [0.25, 0.3) is 0 Å². The minimum Gasteiger partial charge on any atom is -0.494 e. The van der Waals surface area contributed by atoms with Gasteiger partial charge < -0.3 is 18.9 Å². The zero-order valence-corrected chi connectivity index (χ0v) is 28.4. The van der Waals surface area contributed by atoms with Crippen LogP contribution in [0.1, 0.15) is 52.4 Å². The lowest BCUT2D eigenvalue weighted by molar-refractivity contribution is -0.136. The predicted molar refractivity (Wildman–Crippen MR) is 178 cm³/mol. The van der Waals surface area contributed by atoms with Gasteiger partial charge in [0.15, 0.2) is 0 Å². The van der Waals surface area contributed by atoms with Crippen LogP contribution in [0.2, 0.25) is 0 Å². The Balaban J connectivity index is 1.19. The molecule has 0 radical (unpaired) electrons. The molecule has 4 aromatic rings. The van der Waals surface area contributed by atoms with Crippen LogP contribution in [0.25, 0.3) is 0 Å². The van der Waals surface area contributed by atoms with E-state index in [1.807, 2.05) is 13.8 Å². The van der Waals surface area contributed by atoms with Gasteiger partial charge in [-0.05, 0) is 123 Å². The number of hydrogen-bond acceptors (Lipinski definition) is 10. The van der Waals surface area contributed by atoms with Gasteiger partial charge in [-0.2, -0.15) is 0 Å². The summed E-state index contributed by atoms with van der Waals surface area (Å²) in [5, 5.41) is 0. The molecule has 254 valence electrons. The van der Waals surface area contributed by atoms with Gasteiger partial charge in [0.05, 0.1) is 32.8 Å². The summed E-state index contributed by atoms with van der Waals surface area (Å²) < 4.78 is 73.5. The highest BCUT2D eigenvalue weighted by molar-refractivity contribution is 7.91. The van der Waals surface area contributed by atoms with Gasteiger partial charge in [0.2, 0.25) is 19.7 Å². The van der Waals surface area contributed by atoms with E-state index in [2.05, 4.69) is 0 Å². The fraction of sp³-hybridized carbons (Fsp3) is 0.278. The van der Waals surface area contributed by atoms with E-state index in [1.54, 1.807) is 24.3 Å². The van der Waals surface area contributed by atoms with E-state index in [0.29, 0.717) is 37.6 Å². The van der Waals surface area contributed by atoms with Crippen molar-refractivity contribution in [3.8, 4) is 23.0 Å². The fourth-order valence-electron chi connectivity index (χ4n) is 4.42. The van der Waals surface area contributed by atoms with Crippen LogP contribution in [0, 0.1) is 0 Å². The molecule has 0 fully saturated rings. The second kappa shape index (κ2) is 16.9. The van der Waals surface area contributed by atoms with Crippen molar-refractivity contribution in [3.05, 3.63) is 97.1 Å². The second-order valence-corrected chi connectivity index (χ2v) is 14.6. The molecule has 0 amide bonds. The van der Waals surface area contributed by atoms with Gasteiger partial charge in [0.1, 0.15) is 23.0 Å². The van der Waals surface area contributed by atoms with Gasteiger partial charge in [-0.1, -0.05) is 13.8 Å². The molecule has 0 unspecified atom stereocenters. The van der Waals surface area contributed by atoms with E-state index in [9.17, 15) is 26.4 Å². The number of benzene rings is 4. The summed E-state index contributed by atoms with van der Waals surface area (Å²) in [4.78, 5) is 25.0. The highest BCUT2D eigenvalue weighted by Gasteiger charge is 2.20. The van der Waals surface area contributed by atoms with Gasteiger partial charge in [0, 0.05) is 12.8 Å². The molecule has 0 aliphatic rings. The van der Waals surface area contributed by atoms with Crippen LogP contribution in [0.4, 0.5) is 0 Å². The Bertz CT molecular complexity index is 1730. The topological polar surface area (TPSA) is 139 Å². The van der Waals surface area contributed by atoms with Crippen molar-refractivity contribution >= 4 is 31.6 Å². The Morgan fingerprint density at radius 2 is 0.729 bits per heavy atom. The first-order valence-corrected chi connectivity index (χ1v) is 18.6. The Morgan fingerprint density at radius 1 is 0.458 bits per heavy atom. The van der Waals surface area contributed by atoms with Crippen LogP contribution < -0.4 is 18.9 Å². The quantitative estimate of drug-likeness (QED) is 0.0645. The van der Waals surface area contributed by atoms with Crippen LogP contribution in [0.15, 0.2) is 117 Å². The third-order valence-electron chi connectivity index (χ3n) is 6.96. The van der Waals surface area contributed by atoms with E-state index in [4.69, 9.17) is 18.9 Å². The molecule has 0 heterocycles. The molecule has 10 nitrogen and oxygen atoms in total. The molecule has 48 heavy (non-hydrogen) atoms. The van der Waals surface area contributed by atoms with Crippen LogP contribution >= 0.6 is 0 Å². The first-order chi connectivity index (χ1) is 23.0. The largest absolute Gasteiger partial charge is 0.494 e. The van der Waals surface area contributed by atoms with E-state index in [0.717, 1.165) is 12.8 Å². The number of hydrogen-bond donors (Lipinski definition) is 0. The molecule has 0 N–H and O–H groups in total. The minimum atomic E-state index is -3.76. The van der Waals surface area contributed by atoms with Crippen molar-refractivity contribution in [1.29, 1.82) is 0 Å². The van der Waals surface area contributed by atoms with Crippen LogP contribution in [0.5, 0.6) is 23.0 Å². The number of ether oxygens (including phenoxy) is 4. The summed E-state index contributed by atoms with van der Waals surface area (Å²) in [5.41, 5.74) is 0. The fourth-order valence-corrected chi connectivity index (χ4v) is 6.94. The molecule has 4 rings (SSSR count). The summed E-state index contributed by atoms with van der Waals surface area (Å²) in [6.07, 6.45) is 2.48. The summed E-state index contributed by atoms with van der Waals surface area (Å²) in [6, 6.07) is 23.5. The summed E-state index contributed by atoms with van der Waals surface area (Å²) in [6.45, 7) is 5.04. The molecule has 12 heteroatoms. The van der Waals surface area contributed by atoms with Crippen molar-refractivity contribution < 1.29 is 45.4 Å². The molecule has 0 bridgehead atoms. The lowest BCUT2D eigenvalue weighted by Crippen LogP contribution is -2.10. The number of carbonyl (C=O) groups excluding carboxylic acids is 2. The third kappa shape index (κ3) is 9.91. The number of unbranched alkanes of at least 4 members (excludes halogenated alkanes) is 1. The number of sulfone groups is 2. The smallest absolute Gasteiger partial charge is 0.311 e. The Morgan fingerprint density at radius 3 is 1.00 bits per heavy atom. The van der Waals surface area contributed by atoms with Crippen molar-refractivity contribution in [3.63, 3.8) is 0 Å². The number of rotatable bonds is 17. The molecule has 0 aliphatic heterocycles. The Hall–Kier alpha value is -4.68. The highest BCUT2D eigenvalue weighted by Crippen LogP contribution is 2.27. The van der Waals surface area contributed by atoms with Crippen LogP contribution in [0.3, 0.4) is 0 Å². The zero-order chi connectivity index (χ0) is 34.6. The van der Waals surface area contributed by atoms with Crippen LogP contribution in [-0.4, -0.2) is 42.0 Å². The summed E-state index contributed by atoms with van der Waals surface area (Å²) in [5.74, 6) is 0.525. The second-order valence-electron chi connectivity index (χ2n) is 10.7. The van der Waals surface area contributed by atoms with Crippen molar-refractivity contribution in [2.45, 2.75) is 72.0 Å². The van der Waals surface area contributed by atoms with Crippen LogP contribution in [-0.2, 0) is 29.3 Å². The van der Waals surface area contributed by atoms with Crippen molar-refractivity contribution in [2.75, 3.05) is 13.2 Å². The SMILES string of the molecule is CCCOc1ccc(S(=O)(=O)c2ccc(OC(=O)CCCCC(=O)Oc3ccc(S(=O)(=O)c4ccc(OCCC)cc4)cc3)cc2)cc1. The molecular weight excluding hydrogens is 657 g/mol.